The van der Waals surface area contributed by atoms with Crippen molar-refractivity contribution in [2.75, 3.05) is 53.4 Å². The second kappa shape index (κ2) is 17.0. The largest absolute Gasteiger partial charge is 0.496 e. The van der Waals surface area contributed by atoms with Gasteiger partial charge in [-0.05, 0) is 86.7 Å². The Morgan fingerprint density at radius 3 is 2.32 bits per heavy atom. The number of ether oxygens (including phenoxy) is 1. The molecule has 7 atom stereocenters. The fraction of sp³-hybridized carbons (Fsp3) is 0.545. The molecule has 4 fully saturated rings. The predicted molar refractivity (Wildman–Crippen MR) is 213 cm³/mol. The van der Waals surface area contributed by atoms with Gasteiger partial charge in [0.2, 0.25) is 5.91 Å². The van der Waals surface area contributed by atoms with Crippen LogP contribution in [-0.4, -0.2) is 88.4 Å². The van der Waals surface area contributed by atoms with Gasteiger partial charge in [-0.3, -0.25) is 14.4 Å². The molecule has 3 aromatic rings. The van der Waals surface area contributed by atoms with E-state index < -0.39 is 53.2 Å². The van der Waals surface area contributed by atoms with E-state index in [1.54, 1.807) is 43.3 Å². The number of para-hydroxylation sites is 1. The van der Waals surface area contributed by atoms with E-state index in [9.17, 15) is 27.2 Å². The summed E-state index contributed by atoms with van der Waals surface area (Å²) in [5.74, 6) is -4.37. The van der Waals surface area contributed by atoms with Gasteiger partial charge in [-0.15, -0.1) is 0 Å². The Hall–Kier alpha value is -4.20. The molecule has 2 bridgehead atoms. The third-order valence-electron chi connectivity index (χ3n) is 12.9. The molecule has 1 saturated heterocycles. The summed E-state index contributed by atoms with van der Waals surface area (Å²) in [6.07, 6.45) is 2.52. The van der Waals surface area contributed by atoms with Crippen LogP contribution in [0, 0.1) is 52.4 Å². The lowest BCUT2D eigenvalue weighted by Gasteiger charge is -2.62. The number of anilines is 1. The van der Waals surface area contributed by atoms with Gasteiger partial charge in [0.05, 0.1) is 20.3 Å². The van der Waals surface area contributed by atoms with Gasteiger partial charge in [-0.2, -0.15) is 5.06 Å². The summed E-state index contributed by atoms with van der Waals surface area (Å²) in [4.78, 5) is 37.8. The number of halogens is 4. The van der Waals surface area contributed by atoms with Crippen LogP contribution in [0.1, 0.15) is 68.4 Å². The number of fused-ring (bicyclic) bond motifs is 2. The molecule has 7 rings (SSSR count). The zero-order chi connectivity index (χ0) is 41.5. The van der Waals surface area contributed by atoms with Crippen molar-refractivity contribution in [2.24, 2.45) is 29.1 Å². The van der Waals surface area contributed by atoms with Crippen LogP contribution < -0.4 is 20.3 Å². The lowest BCUT2D eigenvalue weighted by molar-refractivity contribution is -0.161. The summed E-state index contributed by atoms with van der Waals surface area (Å²) < 4.78 is 63.6. The Balaban J connectivity index is 1.26. The highest BCUT2D eigenvalue weighted by atomic mass is 19.2. The Bertz CT molecular complexity index is 1950. The zero-order valence-electron chi connectivity index (χ0n) is 34.5. The minimum absolute atomic E-state index is 0.0136. The molecule has 3 aromatic carbocycles. The lowest BCUT2D eigenvalue weighted by Crippen LogP contribution is -2.62. The molecule has 4 aliphatic rings. The second-order valence-electron chi connectivity index (χ2n) is 17.3. The Morgan fingerprint density at radius 2 is 1.72 bits per heavy atom. The van der Waals surface area contributed by atoms with E-state index in [-0.39, 0.29) is 42.6 Å². The maximum Gasteiger partial charge on any atom is 0.251 e. The van der Waals surface area contributed by atoms with E-state index >= 15 is 0 Å². The van der Waals surface area contributed by atoms with Crippen LogP contribution in [0.3, 0.4) is 0 Å². The first-order chi connectivity index (χ1) is 26.9. The highest BCUT2D eigenvalue weighted by Crippen LogP contribution is 2.61. The van der Waals surface area contributed by atoms with Crippen LogP contribution >= 0.6 is 0 Å². The number of hydrogen-bond donors (Lipinski definition) is 2. The molecular weight excluding hydrogens is 739 g/mol. The third kappa shape index (κ3) is 8.52. The first-order valence-electron chi connectivity index (χ1n) is 19.9. The van der Waals surface area contributed by atoms with E-state index in [2.05, 4.69) is 38.3 Å². The van der Waals surface area contributed by atoms with E-state index in [0.717, 1.165) is 18.4 Å². The van der Waals surface area contributed by atoms with Gasteiger partial charge in [0, 0.05) is 72.6 Å². The molecule has 0 unspecified atom stereocenters. The van der Waals surface area contributed by atoms with Crippen LogP contribution in [0.4, 0.5) is 23.2 Å². The molecule has 310 valence electrons. The molecule has 1 aliphatic heterocycles. The standard InChI is InChI=1S/C44H57F4N5O4/c1-10-25-23-57-53(40(25)43(55)50-37-18-29-17-34(24(37)2)44(29,3)4)21-26-12-11-13-32(41(26)56-9)27-14-28(16-31(15-27)52(7)8)42(54)49-30(22-51(5)6)19-33-38(47)35(45)20-36(46)39(33)48/h11-16,20,24-25,29-30,34,37,40H,10,17-19,21-23H2,1-9H3,(H,49,54)(H,50,55)/t24-,25-,29+,30-,34-,37-,40-/m0/s1. The first-order valence-corrected chi connectivity index (χ1v) is 19.9. The number of methoxy groups -OCH3 is 1. The Morgan fingerprint density at radius 1 is 1.02 bits per heavy atom. The summed E-state index contributed by atoms with van der Waals surface area (Å²) in [5, 5.41) is 8.04. The number of carbonyl (C=O) groups is 2. The minimum Gasteiger partial charge on any atom is -0.496 e. The lowest BCUT2D eigenvalue weighted by atomic mass is 9.45. The second-order valence-corrected chi connectivity index (χ2v) is 17.3. The van der Waals surface area contributed by atoms with E-state index in [4.69, 9.17) is 9.57 Å². The molecule has 2 N–H and O–H groups in total. The van der Waals surface area contributed by atoms with Crippen molar-refractivity contribution < 1.29 is 36.7 Å². The van der Waals surface area contributed by atoms with E-state index in [1.807, 2.05) is 43.3 Å². The molecule has 57 heavy (non-hydrogen) atoms. The van der Waals surface area contributed by atoms with Crippen molar-refractivity contribution in [2.45, 2.75) is 78.0 Å². The van der Waals surface area contributed by atoms with Crippen molar-refractivity contribution >= 4 is 17.5 Å². The number of hydrogen-bond acceptors (Lipinski definition) is 7. The fourth-order valence-electron chi connectivity index (χ4n) is 9.46. The normalized spacial score (nSPS) is 24.5. The molecular formula is C44H57F4N5O4. The highest BCUT2D eigenvalue weighted by molar-refractivity contribution is 5.97. The van der Waals surface area contributed by atoms with E-state index in [1.165, 1.54) is 6.42 Å². The predicted octanol–water partition coefficient (Wildman–Crippen LogP) is 7.22. The first kappa shape index (κ1) is 42.4. The van der Waals surface area contributed by atoms with Crippen LogP contribution in [0.25, 0.3) is 11.1 Å². The maximum atomic E-state index is 14.7. The van der Waals surface area contributed by atoms with Gasteiger partial charge in [0.1, 0.15) is 11.8 Å². The van der Waals surface area contributed by atoms with Crippen molar-refractivity contribution in [1.82, 2.24) is 20.6 Å². The Kier molecular flexibility index (Phi) is 12.6. The van der Waals surface area contributed by atoms with Crippen LogP contribution in [-0.2, 0) is 22.6 Å². The number of benzene rings is 3. The monoisotopic (exact) mass is 795 g/mol. The number of rotatable bonds is 14. The molecule has 3 aliphatic carbocycles. The summed E-state index contributed by atoms with van der Waals surface area (Å²) in [5.41, 5.74) is 2.63. The quantitative estimate of drug-likeness (QED) is 0.132. The summed E-state index contributed by atoms with van der Waals surface area (Å²) >= 11 is 0. The SMILES string of the molecule is CC[C@H]1CON(Cc2cccc(-c3cc(C(=O)N[C@@H](Cc4c(F)c(F)cc(F)c4F)CN(C)C)cc(N(C)C)c3)c2OC)[C@@H]1C(=O)N[C@H]1C[C@H]2C[C@@H]([C@@H]1C)C2(C)C. The van der Waals surface area contributed by atoms with Crippen molar-refractivity contribution in [3.8, 4) is 16.9 Å². The molecule has 2 amide bonds. The van der Waals surface area contributed by atoms with Crippen molar-refractivity contribution in [3.05, 3.63) is 82.4 Å². The smallest absolute Gasteiger partial charge is 0.251 e. The van der Waals surface area contributed by atoms with Gasteiger partial charge in [0.15, 0.2) is 23.3 Å². The van der Waals surface area contributed by atoms with Crippen LogP contribution in [0.2, 0.25) is 0 Å². The molecule has 0 radical (unpaired) electrons. The molecule has 0 aromatic heterocycles. The number of nitrogens with zero attached hydrogens (tertiary/aromatic N) is 3. The maximum absolute atomic E-state index is 14.7. The van der Waals surface area contributed by atoms with Gasteiger partial charge in [-0.25, -0.2) is 17.6 Å². The minimum atomic E-state index is -1.51. The number of likely N-dealkylation sites (N-methyl/N-ethyl adjacent to an activating group) is 1. The molecule has 13 heteroatoms. The van der Waals surface area contributed by atoms with Gasteiger partial charge < -0.3 is 25.2 Å². The third-order valence-corrected chi connectivity index (χ3v) is 12.9. The molecule has 3 saturated carbocycles. The molecule has 9 nitrogen and oxygen atoms in total. The van der Waals surface area contributed by atoms with Crippen molar-refractivity contribution in [3.63, 3.8) is 0 Å². The average Bonchev–Trinajstić information content (AvgIpc) is 3.58. The van der Waals surface area contributed by atoms with Crippen LogP contribution in [0.5, 0.6) is 5.75 Å². The number of nitrogens with one attached hydrogen (secondary N) is 2. The van der Waals surface area contributed by atoms with Crippen molar-refractivity contribution in [1.29, 1.82) is 0 Å². The van der Waals surface area contributed by atoms with Gasteiger partial charge in [0.25, 0.3) is 5.91 Å². The molecule has 0 spiro atoms. The van der Waals surface area contributed by atoms with Gasteiger partial charge >= 0.3 is 0 Å². The topological polar surface area (TPSA) is 86.4 Å². The fourth-order valence-corrected chi connectivity index (χ4v) is 9.46. The number of amides is 2. The number of hydroxylamine groups is 2. The van der Waals surface area contributed by atoms with Crippen LogP contribution in [0.15, 0.2) is 42.5 Å². The summed E-state index contributed by atoms with van der Waals surface area (Å²) in [7, 11) is 8.68. The zero-order valence-corrected chi connectivity index (χ0v) is 34.5. The highest BCUT2D eigenvalue weighted by Gasteiger charge is 2.57. The summed E-state index contributed by atoms with van der Waals surface area (Å²) in [6, 6.07) is 9.94. The average molecular weight is 796 g/mol. The Labute approximate surface area is 334 Å². The van der Waals surface area contributed by atoms with Gasteiger partial charge in [-0.1, -0.05) is 45.9 Å². The van der Waals surface area contributed by atoms with E-state index in [0.29, 0.717) is 52.3 Å². The molecule has 1 heterocycles. The number of carbonyl (C=O) groups excluding carboxylic acids is 2. The summed E-state index contributed by atoms with van der Waals surface area (Å²) in [6.45, 7) is 9.89.